The van der Waals surface area contributed by atoms with Gasteiger partial charge in [0.25, 0.3) is 0 Å². The average Bonchev–Trinajstić information content (AvgIpc) is 3.11. The normalized spacial score (nSPS) is 23.8. The summed E-state index contributed by atoms with van der Waals surface area (Å²) < 4.78 is 64.8. The highest BCUT2D eigenvalue weighted by Crippen LogP contribution is 2.51. The van der Waals surface area contributed by atoms with Crippen LogP contribution >= 0.6 is 23.5 Å². The molecule has 0 heterocycles. The van der Waals surface area contributed by atoms with Crippen molar-refractivity contribution >= 4 is 35.4 Å². The molecule has 8 N–H and O–H groups in total. The van der Waals surface area contributed by atoms with Gasteiger partial charge in [-0.25, -0.2) is 13.7 Å². The molecule has 56 heavy (non-hydrogen) atoms. The zero-order valence-electron chi connectivity index (χ0n) is 31.9. The molecule has 8 atom stereocenters. The van der Waals surface area contributed by atoms with E-state index in [4.69, 9.17) is 18.5 Å². The van der Waals surface area contributed by atoms with Crippen LogP contribution < -0.4 is 0 Å². The number of unbranched alkanes of at least 4 members (excludes halogenated alkanes) is 8. The molecule has 1 rings (SSSR count). The predicted octanol–water partition coefficient (Wildman–Crippen LogP) is 4.56. The molecule has 0 aromatic rings. The van der Waals surface area contributed by atoms with Gasteiger partial charge >= 0.3 is 35.4 Å². The Labute approximate surface area is 328 Å². The highest BCUT2D eigenvalue weighted by Gasteiger charge is 2.56. The summed E-state index contributed by atoms with van der Waals surface area (Å²) in [5, 5.41) is 31.6. The first kappa shape index (κ1) is 52.4. The SMILES string of the molecule is CC/C=C/C/C=C\C/C=C/CCCC(=O)O[C@H](COC(=O)CCCCCCCCCC)COP(=O)(O)O[C@@H]1[C@H](O)[C@H](O)[C@@H](OP(=O)(O)O)[C@H](OP(=O)(O)O)[C@H]1O. The molecule has 1 saturated carbocycles. The highest BCUT2D eigenvalue weighted by atomic mass is 31.2. The Morgan fingerprint density at radius 3 is 1.66 bits per heavy atom. The van der Waals surface area contributed by atoms with E-state index in [9.17, 15) is 63.1 Å². The lowest BCUT2D eigenvalue weighted by atomic mass is 9.85. The number of hydrogen-bond donors (Lipinski definition) is 8. The number of phosphoric ester groups is 3. The lowest BCUT2D eigenvalue weighted by Crippen LogP contribution is -2.65. The average molecular weight is 867 g/mol. The third-order valence-corrected chi connectivity index (χ3v) is 10.2. The molecule has 1 unspecified atom stereocenters. The van der Waals surface area contributed by atoms with E-state index in [0.717, 1.165) is 51.4 Å². The quantitative estimate of drug-likeness (QED) is 0.0212. The van der Waals surface area contributed by atoms with Gasteiger partial charge < -0.3 is 49.3 Å². The van der Waals surface area contributed by atoms with Gasteiger partial charge in [-0.15, -0.1) is 0 Å². The van der Waals surface area contributed by atoms with Crippen LogP contribution in [0.5, 0.6) is 0 Å². The van der Waals surface area contributed by atoms with Crippen LogP contribution in [-0.2, 0) is 50.9 Å². The molecule has 22 heteroatoms. The molecule has 0 saturated heterocycles. The molecule has 0 bridgehead atoms. The Kier molecular flexibility index (Phi) is 26.1. The fraction of sp³-hybridized carbons (Fsp3) is 0.765. The van der Waals surface area contributed by atoms with Crippen LogP contribution in [0.1, 0.15) is 110 Å². The Bertz CT molecular complexity index is 1360. The van der Waals surface area contributed by atoms with Crippen LogP contribution in [0, 0.1) is 0 Å². The number of rotatable bonds is 30. The number of allylic oxidation sites excluding steroid dienone is 6. The summed E-state index contributed by atoms with van der Waals surface area (Å²) in [6.07, 6.45) is 6.97. The first-order valence-electron chi connectivity index (χ1n) is 18.8. The predicted molar refractivity (Wildman–Crippen MR) is 201 cm³/mol. The van der Waals surface area contributed by atoms with Crippen LogP contribution in [0.2, 0.25) is 0 Å². The van der Waals surface area contributed by atoms with Crippen molar-refractivity contribution in [3.63, 3.8) is 0 Å². The van der Waals surface area contributed by atoms with Crippen molar-refractivity contribution in [1.29, 1.82) is 0 Å². The van der Waals surface area contributed by atoms with E-state index in [-0.39, 0.29) is 12.8 Å². The number of ether oxygens (including phenoxy) is 2. The van der Waals surface area contributed by atoms with Gasteiger partial charge in [-0.2, -0.15) is 0 Å². The minimum absolute atomic E-state index is 0.0689. The van der Waals surface area contributed by atoms with E-state index in [2.05, 4.69) is 35.0 Å². The van der Waals surface area contributed by atoms with Crippen LogP contribution in [0.4, 0.5) is 0 Å². The third-order valence-electron chi connectivity index (χ3n) is 8.21. The maximum atomic E-state index is 13.0. The maximum Gasteiger partial charge on any atom is 0.472 e. The zero-order valence-corrected chi connectivity index (χ0v) is 34.6. The number of hydrogen-bond acceptors (Lipinski definition) is 14. The molecule has 0 radical (unpaired) electrons. The first-order valence-corrected chi connectivity index (χ1v) is 23.3. The van der Waals surface area contributed by atoms with Gasteiger partial charge in [-0.3, -0.25) is 27.7 Å². The monoisotopic (exact) mass is 866 g/mol. The molecule has 0 aromatic carbocycles. The molecule has 19 nitrogen and oxygen atoms in total. The van der Waals surface area contributed by atoms with Gasteiger partial charge in [0.15, 0.2) is 6.10 Å². The Morgan fingerprint density at radius 2 is 1.09 bits per heavy atom. The molecule has 326 valence electrons. The minimum atomic E-state index is -5.59. The molecule has 0 aromatic heterocycles. The summed E-state index contributed by atoms with van der Waals surface area (Å²) in [6, 6.07) is 0. The summed E-state index contributed by atoms with van der Waals surface area (Å²) in [5.74, 6) is -1.37. The van der Waals surface area contributed by atoms with Gasteiger partial charge in [0.05, 0.1) is 6.61 Å². The van der Waals surface area contributed by atoms with Crippen molar-refractivity contribution in [1.82, 2.24) is 0 Å². The summed E-state index contributed by atoms with van der Waals surface area (Å²) in [4.78, 5) is 72.5. The van der Waals surface area contributed by atoms with Crippen LogP contribution in [0.3, 0.4) is 0 Å². The molecule has 0 amide bonds. The Morgan fingerprint density at radius 1 is 0.589 bits per heavy atom. The Hall–Kier alpha value is -1.63. The van der Waals surface area contributed by atoms with Gasteiger partial charge in [-0.05, 0) is 38.5 Å². The fourth-order valence-corrected chi connectivity index (χ4v) is 7.52. The molecular weight excluding hydrogens is 805 g/mol. The van der Waals surface area contributed by atoms with E-state index in [1.807, 2.05) is 24.3 Å². The number of carbonyl (C=O) groups is 2. The van der Waals surface area contributed by atoms with Crippen LogP contribution in [0.25, 0.3) is 0 Å². The van der Waals surface area contributed by atoms with Crippen molar-refractivity contribution in [2.24, 2.45) is 0 Å². The number of phosphoric acid groups is 3. The van der Waals surface area contributed by atoms with E-state index in [1.54, 1.807) is 0 Å². The van der Waals surface area contributed by atoms with Gasteiger partial charge in [0.1, 0.15) is 43.2 Å². The maximum absolute atomic E-state index is 13.0. The number of aliphatic hydroxyl groups excluding tert-OH is 3. The smallest absolute Gasteiger partial charge is 0.462 e. The van der Waals surface area contributed by atoms with Crippen LogP contribution in [-0.4, -0.2) is 108 Å². The summed E-state index contributed by atoms with van der Waals surface area (Å²) >= 11 is 0. The number of aliphatic hydroxyl groups is 3. The molecule has 1 aliphatic carbocycles. The molecule has 1 fully saturated rings. The van der Waals surface area contributed by atoms with E-state index in [0.29, 0.717) is 25.7 Å². The number of esters is 2. The molecular formula is C34H61O19P3. The molecule has 0 spiro atoms. The molecule has 1 aliphatic rings. The van der Waals surface area contributed by atoms with Gasteiger partial charge in [0.2, 0.25) is 0 Å². The van der Waals surface area contributed by atoms with Gasteiger partial charge in [-0.1, -0.05) is 95.2 Å². The van der Waals surface area contributed by atoms with Crippen molar-refractivity contribution in [2.45, 2.75) is 153 Å². The van der Waals surface area contributed by atoms with E-state index >= 15 is 0 Å². The van der Waals surface area contributed by atoms with Crippen LogP contribution in [0.15, 0.2) is 36.5 Å². The van der Waals surface area contributed by atoms with E-state index in [1.165, 1.54) is 6.42 Å². The van der Waals surface area contributed by atoms with Crippen molar-refractivity contribution < 1.29 is 90.6 Å². The minimum Gasteiger partial charge on any atom is -0.462 e. The summed E-state index contributed by atoms with van der Waals surface area (Å²) in [7, 11) is -16.6. The molecule has 0 aliphatic heterocycles. The lowest BCUT2D eigenvalue weighted by Gasteiger charge is -2.44. The topological polar surface area (TPSA) is 303 Å². The highest BCUT2D eigenvalue weighted by molar-refractivity contribution is 7.47. The van der Waals surface area contributed by atoms with Gasteiger partial charge in [0, 0.05) is 12.8 Å². The Balaban J connectivity index is 2.91. The van der Waals surface area contributed by atoms with Crippen molar-refractivity contribution in [2.75, 3.05) is 13.2 Å². The first-order chi connectivity index (χ1) is 26.3. The summed E-state index contributed by atoms with van der Waals surface area (Å²) in [6.45, 7) is 2.66. The van der Waals surface area contributed by atoms with E-state index < -0.39 is 91.3 Å². The fourth-order valence-electron chi connectivity index (χ4n) is 5.43. The largest absolute Gasteiger partial charge is 0.472 e. The standard InChI is InChI=1S/C34H61O19P3/c1-3-5-7-9-11-13-14-15-17-19-21-23-28(36)50-26(24-48-27(35)22-20-18-16-12-10-8-6-4-2)25-49-56(46,47)53-32-29(37)30(38)33(51-54(40,41)42)34(31(32)39)52-55(43,44)45/h5,7,11,13,15,17,26,29-34,37-39H,3-4,6,8-10,12,14,16,18-25H2,1-2H3,(H,46,47)(H2,40,41,42)(H2,43,44,45)/b7-5+,13-11-,17-15+/t26-,29-,30+,31+,32-,33-,34-/m1/s1. The number of carbonyl (C=O) groups excluding carboxylic acids is 2. The van der Waals surface area contributed by atoms with Crippen molar-refractivity contribution in [3.8, 4) is 0 Å². The lowest BCUT2D eigenvalue weighted by molar-refractivity contribution is -0.213. The third kappa shape index (κ3) is 24.3. The zero-order chi connectivity index (χ0) is 42.2. The van der Waals surface area contributed by atoms with Crippen molar-refractivity contribution in [3.05, 3.63) is 36.5 Å². The second-order valence-electron chi connectivity index (χ2n) is 13.1. The second kappa shape index (κ2) is 27.9. The summed E-state index contributed by atoms with van der Waals surface area (Å²) in [5.41, 5.74) is 0. The second-order valence-corrected chi connectivity index (χ2v) is 16.9.